The molecule has 0 atom stereocenters. The molecular weight excluding hydrogens is 382 g/mol. The van der Waals surface area contributed by atoms with Crippen LogP contribution in [0.5, 0.6) is 0 Å². The van der Waals surface area contributed by atoms with Gasteiger partial charge in [0.25, 0.3) is 5.91 Å². The fraction of sp³-hybridized carbons (Fsp3) is 0.100. The predicted molar refractivity (Wildman–Crippen MR) is 105 cm³/mol. The minimum atomic E-state index is -1.02. The van der Waals surface area contributed by atoms with Crippen molar-refractivity contribution >= 4 is 40.4 Å². The van der Waals surface area contributed by atoms with Gasteiger partial charge in [-0.15, -0.1) is 0 Å². The molecule has 0 saturated heterocycles. The zero-order valence-corrected chi connectivity index (χ0v) is 15.6. The number of esters is 1. The van der Waals surface area contributed by atoms with E-state index in [1.165, 1.54) is 0 Å². The Hall–Kier alpha value is -3.45. The summed E-state index contributed by atoms with van der Waals surface area (Å²) in [5, 5.41) is 2.97. The molecule has 0 bridgehead atoms. The Morgan fingerprint density at radius 2 is 1.89 bits per heavy atom. The zero-order chi connectivity index (χ0) is 20.3. The van der Waals surface area contributed by atoms with Crippen molar-refractivity contribution < 1.29 is 19.1 Å². The average molecular weight is 398 g/mol. The molecule has 3 aromatic rings. The first-order valence-electron chi connectivity index (χ1n) is 8.28. The van der Waals surface area contributed by atoms with Gasteiger partial charge >= 0.3 is 12.0 Å². The SMILES string of the molecule is Cc1c(-c2cccc(Cl)c2)nc2ccccc2c1C(=O)OCC(=O)NC(N)=O. The first kappa shape index (κ1) is 19.3. The number of ether oxygens (including phenoxy) is 1. The summed E-state index contributed by atoms with van der Waals surface area (Å²) >= 11 is 6.09. The number of nitrogens with two attached hydrogens (primary N) is 1. The lowest BCUT2D eigenvalue weighted by Crippen LogP contribution is -2.37. The molecule has 0 spiro atoms. The van der Waals surface area contributed by atoms with Gasteiger partial charge in [-0.2, -0.15) is 0 Å². The molecule has 3 N–H and O–H groups in total. The second-order valence-corrected chi connectivity index (χ2v) is 6.41. The summed E-state index contributed by atoms with van der Waals surface area (Å²) in [6.07, 6.45) is 0. The van der Waals surface area contributed by atoms with Crippen LogP contribution in [0, 0.1) is 6.92 Å². The number of hydrogen-bond acceptors (Lipinski definition) is 5. The molecule has 8 heteroatoms. The highest BCUT2D eigenvalue weighted by Crippen LogP contribution is 2.31. The molecule has 0 aliphatic heterocycles. The van der Waals surface area contributed by atoms with E-state index >= 15 is 0 Å². The number of nitrogens with zero attached hydrogens (tertiary/aromatic N) is 1. The number of rotatable bonds is 4. The molecule has 3 amide bonds. The molecule has 1 heterocycles. The van der Waals surface area contributed by atoms with Gasteiger partial charge in [0.2, 0.25) is 0 Å². The van der Waals surface area contributed by atoms with E-state index < -0.39 is 24.5 Å². The molecule has 0 unspecified atom stereocenters. The molecule has 0 saturated carbocycles. The third-order valence-electron chi connectivity index (χ3n) is 4.04. The van der Waals surface area contributed by atoms with E-state index in [4.69, 9.17) is 22.1 Å². The lowest BCUT2D eigenvalue weighted by molar-refractivity contribution is -0.123. The molecule has 0 aliphatic carbocycles. The standard InChI is InChI=1S/C20H16ClN3O4/c1-11-17(19(26)28-10-16(25)24-20(22)27)14-7-2-3-8-15(14)23-18(11)12-5-4-6-13(21)9-12/h2-9H,10H2,1H3,(H3,22,24,25,27). The predicted octanol–water partition coefficient (Wildman–Crippen LogP) is 3.22. The highest BCUT2D eigenvalue weighted by Gasteiger charge is 2.21. The number of benzene rings is 2. The van der Waals surface area contributed by atoms with Crippen LogP contribution in [-0.2, 0) is 9.53 Å². The third-order valence-corrected chi connectivity index (χ3v) is 4.27. The number of carbonyl (C=O) groups is 3. The topological polar surface area (TPSA) is 111 Å². The van der Waals surface area contributed by atoms with Crippen molar-refractivity contribution in [3.63, 3.8) is 0 Å². The number of carbonyl (C=O) groups excluding carboxylic acids is 3. The summed E-state index contributed by atoms with van der Waals surface area (Å²) in [5.74, 6) is -1.52. The molecule has 2 aromatic carbocycles. The summed E-state index contributed by atoms with van der Waals surface area (Å²) in [6.45, 7) is 1.11. The van der Waals surface area contributed by atoms with Crippen LogP contribution in [0.2, 0.25) is 5.02 Å². The molecule has 7 nitrogen and oxygen atoms in total. The van der Waals surface area contributed by atoms with Crippen LogP contribution in [0.15, 0.2) is 48.5 Å². The number of pyridine rings is 1. The van der Waals surface area contributed by atoms with Crippen molar-refractivity contribution in [2.75, 3.05) is 6.61 Å². The third kappa shape index (κ3) is 4.10. The monoisotopic (exact) mass is 397 g/mol. The first-order valence-corrected chi connectivity index (χ1v) is 8.66. The summed E-state index contributed by atoms with van der Waals surface area (Å²) in [7, 11) is 0. The number of nitrogens with one attached hydrogen (secondary N) is 1. The maximum absolute atomic E-state index is 12.7. The Balaban J connectivity index is 2.05. The molecular formula is C20H16ClN3O4. The van der Waals surface area contributed by atoms with Crippen molar-refractivity contribution in [1.29, 1.82) is 0 Å². The normalized spacial score (nSPS) is 10.5. The molecule has 142 valence electrons. The second kappa shape index (κ2) is 8.06. The van der Waals surface area contributed by atoms with Crippen molar-refractivity contribution in [2.24, 2.45) is 5.73 Å². The number of urea groups is 1. The van der Waals surface area contributed by atoms with Gasteiger partial charge in [-0.25, -0.2) is 14.6 Å². The van der Waals surface area contributed by atoms with E-state index in [0.29, 0.717) is 27.2 Å². The number of hydrogen-bond donors (Lipinski definition) is 2. The van der Waals surface area contributed by atoms with Gasteiger partial charge in [-0.05, 0) is 30.7 Å². The van der Waals surface area contributed by atoms with Crippen molar-refractivity contribution in [2.45, 2.75) is 6.92 Å². The largest absolute Gasteiger partial charge is 0.452 e. The van der Waals surface area contributed by atoms with Crippen molar-refractivity contribution in [1.82, 2.24) is 10.3 Å². The van der Waals surface area contributed by atoms with Gasteiger partial charge in [0, 0.05) is 16.0 Å². The minimum Gasteiger partial charge on any atom is -0.452 e. The van der Waals surface area contributed by atoms with Gasteiger partial charge in [0.15, 0.2) is 6.61 Å². The lowest BCUT2D eigenvalue weighted by atomic mass is 9.98. The van der Waals surface area contributed by atoms with E-state index in [9.17, 15) is 14.4 Å². The second-order valence-electron chi connectivity index (χ2n) is 5.98. The number of primary amides is 1. The fourth-order valence-electron chi connectivity index (χ4n) is 2.86. The quantitative estimate of drug-likeness (QED) is 0.656. The Morgan fingerprint density at radius 1 is 1.14 bits per heavy atom. The molecule has 0 aliphatic rings. The van der Waals surface area contributed by atoms with E-state index in [1.807, 2.05) is 17.4 Å². The Kier molecular flexibility index (Phi) is 5.56. The molecule has 0 radical (unpaired) electrons. The van der Waals surface area contributed by atoms with Crippen LogP contribution in [0.25, 0.3) is 22.2 Å². The molecule has 28 heavy (non-hydrogen) atoms. The fourth-order valence-corrected chi connectivity index (χ4v) is 3.05. The van der Waals surface area contributed by atoms with E-state index in [0.717, 1.165) is 5.56 Å². The summed E-state index contributed by atoms with van der Waals surface area (Å²) in [6, 6.07) is 13.2. The van der Waals surface area contributed by atoms with Crippen LogP contribution in [0.1, 0.15) is 15.9 Å². The number of aromatic nitrogens is 1. The summed E-state index contributed by atoms with van der Waals surface area (Å²) in [5.41, 5.74) is 7.66. The molecule has 1 aromatic heterocycles. The Bertz CT molecular complexity index is 1100. The van der Waals surface area contributed by atoms with Gasteiger partial charge in [0.05, 0.1) is 16.8 Å². The van der Waals surface area contributed by atoms with E-state index in [2.05, 4.69) is 4.98 Å². The number of amides is 3. The van der Waals surface area contributed by atoms with Gasteiger partial charge in [-0.1, -0.05) is 41.9 Å². The van der Waals surface area contributed by atoms with Crippen LogP contribution < -0.4 is 11.1 Å². The van der Waals surface area contributed by atoms with Gasteiger partial charge in [-0.3, -0.25) is 10.1 Å². The minimum absolute atomic E-state index is 0.285. The smallest absolute Gasteiger partial charge is 0.339 e. The number of imide groups is 1. The maximum atomic E-state index is 12.7. The summed E-state index contributed by atoms with van der Waals surface area (Å²) in [4.78, 5) is 39.7. The van der Waals surface area contributed by atoms with Crippen LogP contribution in [0.4, 0.5) is 4.79 Å². The Morgan fingerprint density at radius 3 is 2.61 bits per heavy atom. The van der Waals surface area contributed by atoms with Crippen LogP contribution >= 0.6 is 11.6 Å². The van der Waals surface area contributed by atoms with Crippen molar-refractivity contribution in [3.8, 4) is 11.3 Å². The zero-order valence-electron chi connectivity index (χ0n) is 14.9. The number of halogens is 1. The first-order chi connectivity index (χ1) is 13.4. The maximum Gasteiger partial charge on any atom is 0.339 e. The van der Waals surface area contributed by atoms with Crippen LogP contribution in [0.3, 0.4) is 0 Å². The molecule has 0 fully saturated rings. The number of para-hydroxylation sites is 1. The molecule has 3 rings (SSSR count). The Labute approximate surface area is 165 Å². The highest BCUT2D eigenvalue weighted by molar-refractivity contribution is 6.30. The van der Waals surface area contributed by atoms with Gasteiger partial charge in [0.1, 0.15) is 0 Å². The highest BCUT2D eigenvalue weighted by atomic mass is 35.5. The van der Waals surface area contributed by atoms with E-state index in [-0.39, 0.29) is 5.56 Å². The van der Waals surface area contributed by atoms with E-state index in [1.54, 1.807) is 43.3 Å². The van der Waals surface area contributed by atoms with Crippen LogP contribution in [-0.4, -0.2) is 29.5 Å². The number of fused-ring (bicyclic) bond motifs is 1. The van der Waals surface area contributed by atoms with Crippen molar-refractivity contribution in [3.05, 3.63) is 64.7 Å². The summed E-state index contributed by atoms with van der Waals surface area (Å²) < 4.78 is 5.08. The van der Waals surface area contributed by atoms with Gasteiger partial charge < -0.3 is 10.5 Å². The lowest BCUT2D eigenvalue weighted by Gasteiger charge is -2.14. The average Bonchev–Trinajstić information content (AvgIpc) is 2.65.